The molecule has 2 aromatic rings. The van der Waals surface area contributed by atoms with E-state index in [1.807, 2.05) is 0 Å². The molecule has 1 fully saturated rings. The Morgan fingerprint density at radius 1 is 1.33 bits per heavy atom. The molecule has 0 saturated carbocycles. The maximum atomic E-state index is 10.9. The lowest BCUT2D eigenvalue weighted by Gasteiger charge is -2.14. The molecule has 0 spiro atoms. The van der Waals surface area contributed by atoms with E-state index in [2.05, 4.69) is 19.6 Å². The number of aromatic nitrogens is 4. The molecule has 146 valence electrons. The second-order valence-corrected chi connectivity index (χ2v) is 7.51. The highest BCUT2D eigenvalue weighted by Gasteiger charge is 2.47. The number of hydrazone groups is 1. The molecule has 2 aliphatic rings. The maximum absolute atomic E-state index is 10.9. The van der Waals surface area contributed by atoms with E-state index in [0.717, 1.165) is 0 Å². The fraction of sp³-hybridized carbons (Fsp3) is 0.538. The summed E-state index contributed by atoms with van der Waals surface area (Å²) in [6.07, 6.45) is -2.00. The molecule has 27 heavy (non-hydrogen) atoms. The molecule has 4 N–H and O–H groups in total. The van der Waals surface area contributed by atoms with Crippen molar-refractivity contribution in [3.8, 4) is 0 Å². The minimum atomic E-state index is -4.73. The van der Waals surface area contributed by atoms with Crippen LogP contribution in [0, 0.1) is 0 Å². The topological polar surface area (TPSA) is 167 Å². The molecule has 14 heteroatoms. The number of rotatable bonds is 4. The Bertz CT molecular complexity index is 973. The van der Waals surface area contributed by atoms with Crippen molar-refractivity contribution in [2.24, 2.45) is 5.10 Å². The zero-order chi connectivity index (χ0) is 19.5. The van der Waals surface area contributed by atoms with Crippen LogP contribution in [0.4, 0.5) is 5.82 Å². The quantitative estimate of drug-likeness (QED) is 0.335. The molecular formula is C13H18N6O7P+. The average molecular weight is 401 g/mol. The predicted molar refractivity (Wildman–Crippen MR) is 88.6 cm³/mol. The van der Waals surface area contributed by atoms with Gasteiger partial charge < -0.3 is 24.7 Å². The van der Waals surface area contributed by atoms with Gasteiger partial charge >= 0.3 is 7.82 Å². The summed E-state index contributed by atoms with van der Waals surface area (Å²) in [7, 11) is -2.99. The van der Waals surface area contributed by atoms with Gasteiger partial charge in [0.05, 0.1) is 6.61 Å². The van der Waals surface area contributed by atoms with Crippen molar-refractivity contribution in [2.45, 2.75) is 31.5 Å². The maximum Gasteiger partial charge on any atom is 0.469 e. The van der Waals surface area contributed by atoms with Crippen LogP contribution >= 0.6 is 7.82 Å². The SMILES string of the molecule is CC1=NN(C)c2ncnc3c2[n+]1cn3C1OC(COP(=O)(O)O)C(O)C1O. The number of anilines is 1. The summed E-state index contributed by atoms with van der Waals surface area (Å²) in [5, 5.41) is 26.5. The van der Waals surface area contributed by atoms with Crippen molar-refractivity contribution in [1.82, 2.24) is 14.5 Å². The number of imidazole rings is 1. The van der Waals surface area contributed by atoms with Crippen molar-refractivity contribution in [2.75, 3.05) is 18.7 Å². The number of hydrogen-bond acceptors (Lipinski definition) is 9. The molecule has 2 aliphatic heterocycles. The van der Waals surface area contributed by atoms with Gasteiger partial charge in [0.15, 0.2) is 6.33 Å². The number of nitrogens with zero attached hydrogens (tertiary/aromatic N) is 6. The monoisotopic (exact) mass is 401 g/mol. The smallest absolute Gasteiger partial charge is 0.387 e. The molecule has 0 amide bonds. The van der Waals surface area contributed by atoms with Gasteiger partial charge in [0.1, 0.15) is 24.6 Å². The summed E-state index contributed by atoms with van der Waals surface area (Å²) < 4.78 is 24.1. The highest BCUT2D eigenvalue weighted by molar-refractivity contribution is 7.46. The van der Waals surface area contributed by atoms with Crippen LogP contribution in [0.15, 0.2) is 17.8 Å². The molecule has 4 heterocycles. The number of phosphoric acid groups is 1. The Balaban J connectivity index is 1.72. The van der Waals surface area contributed by atoms with E-state index in [9.17, 15) is 14.8 Å². The third-order valence-corrected chi connectivity index (χ3v) is 4.96. The second-order valence-electron chi connectivity index (χ2n) is 6.27. The Kier molecular flexibility index (Phi) is 4.27. The predicted octanol–water partition coefficient (Wildman–Crippen LogP) is -1.92. The first-order chi connectivity index (χ1) is 12.7. The Morgan fingerprint density at radius 2 is 2.07 bits per heavy atom. The van der Waals surface area contributed by atoms with Gasteiger partial charge in [0.2, 0.25) is 23.2 Å². The number of phosphoric ester groups is 1. The van der Waals surface area contributed by atoms with Gasteiger partial charge in [-0.05, 0) is 5.10 Å². The van der Waals surface area contributed by atoms with E-state index in [0.29, 0.717) is 22.8 Å². The van der Waals surface area contributed by atoms with Crippen LogP contribution < -0.4 is 9.58 Å². The molecule has 0 aliphatic carbocycles. The lowest BCUT2D eigenvalue weighted by Crippen LogP contribution is -2.45. The Hall–Kier alpha value is -1.99. The van der Waals surface area contributed by atoms with E-state index in [1.165, 1.54) is 10.9 Å². The third-order valence-electron chi connectivity index (χ3n) is 4.48. The molecule has 0 radical (unpaired) electrons. The molecule has 0 bridgehead atoms. The zero-order valence-electron chi connectivity index (χ0n) is 14.3. The minimum Gasteiger partial charge on any atom is -0.387 e. The Morgan fingerprint density at radius 3 is 2.78 bits per heavy atom. The first kappa shape index (κ1) is 18.4. The summed E-state index contributed by atoms with van der Waals surface area (Å²) >= 11 is 0. The molecule has 4 atom stereocenters. The van der Waals surface area contributed by atoms with Gasteiger partial charge in [-0.2, -0.15) is 9.58 Å². The molecule has 1 saturated heterocycles. The van der Waals surface area contributed by atoms with E-state index in [1.54, 1.807) is 29.9 Å². The van der Waals surface area contributed by atoms with Crippen molar-refractivity contribution in [1.29, 1.82) is 0 Å². The third kappa shape index (κ3) is 3.02. The van der Waals surface area contributed by atoms with E-state index < -0.39 is 39.0 Å². The van der Waals surface area contributed by atoms with E-state index >= 15 is 0 Å². The van der Waals surface area contributed by atoms with Gasteiger partial charge in [0.25, 0.3) is 5.84 Å². The summed E-state index contributed by atoms with van der Waals surface area (Å²) in [4.78, 5) is 26.1. The van der Waals surface area contributed by atoms with E-state index in [4.69, 9.17) is 14.5 Å². The van der Waals surface area contributed by atoms with Crippen LogP contribution in [0.5, 0.6) is 0 Å². The largest absolute Gasteiger partial charge is 0.469 e. The molecule has 4 unspecified atom stereocenters. The zero-order valence-corrected chi connectivity index (χ0v) is 15.2. The van der Waals surface area contributed by atoms with Crippen molar-refractivity contribution in [3.63, 3.8) is 0 Å². The van der Waals surface area contributed by atoms with Crippen LogP contribution in [0.3, 0.4) is 0 Å². The number of aliphatic hydroxyl groups excluding tert-OH is 2. The fourth-order valence-electron chi connectivity index (χ4n) is 3.25. The van der Waals surface area contributed by atoms with Gasteiger partial charge in [-0.25, -0.2) is 19.1 Å². The number of ether oxygens (including phenoxy) is 1. The number of hydrogen-bond donors (Lipinski definition) is 4. The van der Waals surface area contributed by atoms with Gasteiger partial charge in [-0.15, -0.1) is 0 Å². The van der Waals surface area contributed by atoms with Crippen LogP contribution in [-0.2, 0) is 13.8 Å². The summed E-state index contributed by atoms with van der Waals surface area (Å²) in [5.74, 6) is 1.19. The molecule has 4 rings (SSSR count). The first-order valence-corrected chi connectivity index (χ1v) is 9.48. The first-order valence-electron chi connectivity index (χ1n) is 7.95. The minimum absolute atomic E-state index is 0.439. The van der Waals surface area contributed by atoms with Crippen molar-refractivity contribution in [3.05, 3.63) is 12.7 Å². The van der Waals surface area contributed by atoms with Gasteiger partial charge in [0, 0.05) is 14.0 Å². The van der Waals surface area contributed by atoms with Crippen LogP contribution in [0.2, 0.25) is 0 Å². The summed E-state index contributed by atoms with van der Waals surface area (Å²) in [6, 6.07) is 0. The highest BCUT2D eigenvalue weighted by Crippen LogP contribution is 2.39. The number of aliphatic hydroxyl groups is 2. The second kappa shape index (κ2) is 6.27. The Labute approximate surface area is 152 Å². The molecule has 13 nitrogen and oxygen atoms in total. The average Bonchev–Trinajstić information content (AvgIpc) is 3.11. The standard InChI is InChI=1S/C13H17N6O7P/c1-6-16-17(2)11-8-12(15-4-14-11)19(5-18(6)8)13-10(21)9(20)7(26-13)3-25-27(22,23)24/h4-5,7,9-10,13,20-21H,3H2,1-2H3,(H-,22,23,24)/p+1. The fourth-order valence-corrected chi connectivity index (χ4v) is 3.59. The summed E-state index contributed by atoms with van der Waals surface area (Å²) in [6.45, 7) is 1.20. The highest BCUT2D eigenvalue weighted by atomic mass is 31.2. The molecular weight excluding hydrogens is 383 g/mol. The molecule has 0 aromatic carbocycles. The lowest BCUT2D eigenvalue weighted by molar-refractivity contribution is -0.529. The van der Waals surface area contributed by atoms with Crippen molar-refractivity contribution >= 4 is 30.6 Å². The summed E-state index contributed by atoms with van der Waals surface area (Å²) in [5.41, 5.74) is 1.08. The lowest BCUT2D eigenvalue weighted by atomic mass is 10.1. The van der Waals surface area contributed by atoms with Gasteiger partial charge in [-0.3, -0.25) is 4.52 Å². The van der Waals surface area contributed by atoms with Crippen molar-refractivity contribution < 1.29 is 38.4 Å². The van der Waals surface area contributed by atoms with Crippen LogP contribution in [0.1, 0.15) is 13.2 Å². The van der Waals surface area contributed by atoms with Crippen LogP contribution in [0.25, 0.3) is 11.2 Å². The molecule has 2 aromatic heterocycles. The van der Waals surface area contributed by atoms with E-state index in [-0.39, 0.29) is 0 Å². The van der Waals surface area contributed by atoms with Crippen LogP contribution in [-0.4, -0.2) is 72.3 Å². The normalized spacial score (nSPS) is 28.1. The van der Waals surface area contributed by atoms with Gasteiger partial charge in [-0.1, -0.05) is 0 Å².